The number of nitrogen functional groups attached to an aromatic ring is 1. The molecular formula is C13H18N2O2. The molecule has 1 saturated carbocycles. The molecule has 0 amide bonds. The maximum Gasteiger partial charge on any atom is 0.198 e. The van der Waals surface area contributed by atoms with E-state index in [4.69, 9.17) is 5.73 Å². The van der Waals surface area contributed by atoms with Crippen molar-refractivity contribution in [3.05, 3.63) is 23.4 Å². The summed E-state index contributed by atoms with van der Waals surface area (Å²) in [6, 6.07) is 1.75. The maximum absolute atomic E-state index is 12.4. The van der Waals surface area contributed by atoms with E-state index < -0.39 is 5.60 Å². The Kier molecular flexibility index (Phi) is 3.15. The van der Waals surface area contributed by atoms with E-state index in [-0.39, 0.29) is 11.6 Å². The standard InChI is InChI=1S/C13H18N2O2/c1-9-5-8-15-12(14)10(9)11(16)13(17)6-3-2-4-7-13/h5,8,17H,2-4,6-7H2,1H3,(H2,14,15). The van der Waals surface area contributed by atoms with Crippen molar-refractivity contribution in [2.24, 2.45) is 0 Å². The highest BCUT2D eigenvalue weighted by Crippen LogP contribution is 2.32. The Morgan fingerprint density at radius 1 is 1.41 bits per heavy atom. The van der Waals surface area contributed by atoms with E-state index in [1.54, 1.807) is 12.3 Å². The lowest BCUT2D eigenvalue weighted by molar-refractivity contribution is 0.0116. The van der Waals surface area contributed by atoms with E-state index in [9.17, 15) is 9.90 Å². The monoisotopic (exact) mass is 234 g/mol. The van der Waals surface area contributed by atoms with Gasteiger partial charge in [-0.3, -0.25) is 4.79 Å². The third-order valence-corrected chi connectivity index (χ3v) is 3.52. The summed E-state index contributed by atoms with van der Waals surface area (Å²) in [5.41, 5.74) is 5.67. The Hall–Kier alpha value is -1.42. The van der Waals surface area contributed by atoms with E-state index in [1.807, 2.05) is 6.92 Å². The summed E-state index contributed by atoms with van der Waals surface area (Å²) in [7, 11) is 0. The van der Waals surface area contributed by atoms with Gasteiger partial charge in [0.15, 0.2) is 5.78 Å². The van der Waals surface area contributed by atoms with E-state index >= 15 is 0 Å². The average molecular weight is 234 g/mol. The van der Waals surface area contributed by atoms with Crippen molar-refractivity contribution < 1.29 is 9.90 Å². The molecule has 92 valence electrons. The number of Topliss-reactive ketones (excluding diaryl/α,β-unsaturated/α-hetero) is 1. The normalized spacial score (nSPS) is 18.9. The SMILES string of the molecule is Cc1ccnc(N)c1C(=O)C1(O)CCCCC1. The zero-order chi connectivity index (χ0) is 12.5. The topological polar surface area (TPSA) is 76.2 Å². The molecule has 0 radical (unpaired) electrons. The Balaban J connectivity index is 2.36. The quantitative estimate of drug-likeness (QED) is 0.766. The first-order valence-corrected chi connectivity index (χ1v) is 6.03. The molecule has 1 aliphatic rings. The fraction of sp³-hybridized carbons (Fsp3) is 0.538. The van der Waals surface area contributed by atoms with E-state index in [0.717, 1.165) is 24.8 Å². The van der Waals surface area contributed by atoms with Crippen molar-refractivity contribution in [2.45, 2.75) is 44.6 Å². The van der Waals surface area contributed by atoms with Crippen LogP contribution in [0.25, 0.3) is 0 Å². The van der Waals surface area contributed by atoms with Crippen molar-refractivity contribution in [1.29, 1.82) is 0 Å². The molecule has 4 nitrogen and oxygen atoms in total. The molecule has 4 heteroatoms. The molecule has 17 heavy (non-hydrogen) atoms. The second kappa shape index (κ2) is 4.45. The zero-order valence-corrected chi connectivity index (χ0v) is 10.1. The van der Waals surface area contributed by atoms with Crippen LogP contribution in [0.4, 0.5) is 5.82 Å². The van der Waals surface area contributed by atoms with Gasteiger partial charge in [-0.2, -0.15) is 0 Å². The Morgan fingerprint density at radius 3 is 2.65 bits per heavy atom. The highest BCUT2D eigenvalue weighted by atomic mass is 16.3. The maximum atomic E-state index is 12.4. The summed E-state index contributed by atoms with van der Waals surface area (Å²) in [4.78, 5) is 16.3. The molecule has 1 aromatic heterocycles. The second-order valence-corrected chi connectivity index (χ2v) is 4.81. The molecule has 1 aliphatic carbocycles. The lowest BCUT2D eigenvalue weighted by Crippen LogP contribution is -2.41. The van der Waals surface area contributed by atoms with Crippen LogP contribution in [0.15, 0.2) is 12.3 Å². The van der Waals surface area contributed by atoms with Gasteiger partial charge in [0.1, 0.15) is 11.4 Å². The third-order valence-electron chi connectivity index (χ3n) is 3.52. The van der Waals surface area contributed by atoms with Crippen molar-refractivity contribution in [1.82, 2.24) is 4.98 Å². The van der Waals surface area contributed by atoms with E-state index in [0.29, 0.717) is 18.4 Å². The number of ketones is 1. The van der Waals surface area contributed by atoms with Crippen LogP contribution in [0.5, 0.6) is 0 Å². The predicted octanol–water partition coefficient (Wildman–Crippen LogP) is 1.85. The van der Waals surface area contributed by atoms with Gasteiger partial charge < -0.3 is 10.8 Å². The molecule has 0 bridgehead atoms. The van der Waals surface area contributed by atoms with Crippen LogP contribution < -0.4 is 5.73 Å². The number of pyridine rings is 1. The van der Waals surface area contributed by atoms with Gasteiger partial charge >= 0.3 is 0 Å². The molecule has 0 spiro atoms. The first-order valence-electron chi connectivity index (χ1n) is 6.03. The molecule has 0 aliphatic heterocycles. The number of carbonyl (C=O) groups excluding carboxylic acids is 1. The molecule has 0 aromatic carbocycles. The average Bonchev–Trinajstić information content (AvgIpc) is 2.29. The summed E-state index contributed by atoms with van der Waals surface area (Å²) in [5, 5.41) is 10.4. The summed E-state index contributed by atoms with van der Waals surface area (Å²) in [6.45, 7) is 1.82. The van der Waals surface area contributed by atoms with Gasteiger partial charge in [-0.25, -0.2) is 4.98 Å². The fourth-order valence-electron chi connectivity index (χ4n) is 2.47. The molecule has 3 N–H and O–H groups in total. The highest BCUT2D eigenvalue weighted by Gasteiger charge is 2.39. The van der Waals surface area contributed by atoms with Crippen LogP contribution in [-0.2, 0) is 0 Å². The van der Waals surface area contributed by atoms with Gasteiger partial charge in [0, 0.05) is 6.20 Å². The summed E-state index contributed by atoms with van der Waals surface area (Å²) < 4.78 is 0. The van der Waals surface area contributed by atoms with E-state index in [2.05, 4.69) is 4.98 Å². The molecule has 1 heterocycles. The van der Waals surface area contributed by atoms with Gasteiger partial charge in [0.05, 0.1) is 5.56 Å². The van der Waals surface area contributed by atoms with E-state index in [1.165, 1.54) is 0 Å². The molecule has 0 atom stereocenters. The number of carbonyl (C=O) groups is 1. The van der Waals surface area contributed by atoms with Crippen LogP contribution in [-0.4, -0.2) is 21.5 Å². The molecule has 1 fully saturated rings. The van der Waals surface area contributed by atoms with Crippen molar-refractivity contribution >= 4 is 11.6 Å². The van der Waals surface area contributed by atoms with Gasteiger partial charge in [0.25, 0.3) is 0 Å². The van der Waals surface area contributed by atoms with Crippen LogP contribution in [0.3, 0.4) is 0 Å². The number of hydrogen-bond acceptors (Lipinski definition) is 4. The number of nitrogens with zero attached hydrogens (tertiary/aromatic N) is 1. The number of nitrogens with two attached hydrogens (primary N) is 1. The number of aliphatic hydroxyl groups is 1. The van der Waals surface area contributed by atoms with Crippen molar-refractivity contribution in [3.63, 3.8) is 0 Å². The lowest BCUT2D eigenvalue weighted by Gasteiger charge is -2.31. The second-order valence-electron chi connectivity index (χ2n) is 4.81. The smallest absolute Gasteiger partial charge is 0.198 e. The predicted molar refractivity (Wildman–Crippen MR) is 65.8 cm³/mol. The van der Waals surface area contributed by atoms with Gasteiger partial charge in [-0.15, -0.1) is 0 Å². The Bertz CT molecular complexity index is 417. The fourth-order valence-corrected chi connectivity index (χ4v) is 2.47. The molecule has 0 unspecified atom stereocenters. The summed E-state index contributed by atoms with van der Waals surface area (Å²) >= 11 is 0. The number of aromatic nitrogens is 1. The number of rotatable bonds is 2. The number of anilines is 1. The minimum Gasteiger partial charge on any atom is -0.383 e. The Labute approximate surface area is 101 Å². The summed E-state index contributed by atoms with van der Waals surface area (Å²) in [6.07, 6.45) is 5.49. The molecule has 1 aromatic rings. The van der Waals surface area contributed by atoms with Crippen molar-refractivity contribution in [3.8, 4) is 0 Å². The van der Waals surface area contributed by atoms with Crippen LogP contribution in [0.2, 0.25) is 0 Å². The minimum atomic E-state index is -1.24. The molecular weight excluding hydrogens is 216 g/mol. The van der Waals surface area contributed by atoms with Crippen LogP contribution in [0.1, 0.15) is 48.0 Å². The number of hydrogen-bond donors (Lipinski definition) is 2. The lowest BCUT2D eigenvalue weighted by atomic mass is 9.79. The van der Waals surface area contributed by atoms with Gasteiger partial charge in [-0.1, -0.05) is 19.3 Å². The molecule has 0 saturated heterocycles. The Morgan fingerprint density at radius 2 is 2.06 bits per heavy atom. The highest BCUT2D eigenvalue weighted by molar-refractivity contribution is 6.06. The minimum absolute atomic E-state index is 0.217. The first-order chi connectivity index (χ1) is 8.04. The largest absolute Gasteiger partial charge is 0.383 e. The molecule has 2 rings (SSSR count). The number of aryl methyl sites for hydroxylation is 1. The summed E-state index contributed by atoms with van der Waals surface area (Å²) in [5.74, 6) is -0.0469. The zero-order valence-electron chi connectivity index (χ0n) is 10.1. The van der Waals surface area contributed by atoms with Crippen LogP contribution in [0, 0.1) is 6.92 Å². The third kappa shape index (κ3) is 2.17. The van der Waals surface area contributed by atoms with Gasteiger partial charge in [-0.05, 0) is 31.4 Å². The first kappa shape index (κ1) is 12.0. The van der Waals surface area contributed by atoms with Crippen LogP contribution >= 0.6 is 0 Å². The van der Waals surface area contributed by atoms with Crippen molar-refractivity contribution in [2.75, 3.05) is 5.73 Å². The van der Waals surface area contributed by atoms with Gasteiger partial charge in [0.2, 0.25) is 0 Å².